The number of hydrogen-bond donors (Lipinski definition) is 1. The first kappa shape index (κ1) is 32.0. The highest BCUT2D eigenvalue weighted by Crippen LogP contribution is 2.48. The molecule has 0 aromatic heterocycles. The van der Waals surface area contributed by atoms with Crippen LogP contribution >= 0.6 is 0 Å². The van der Waals surface area contributed by atoms with Crippen molar-refractivity contribution in [1.29, 1.82) is 0 Å². The van der Waals surface area contributed by atoms with Gasteiger partial charge in [-0.2, -0.15) is 0 Å². The fourth-order valence-electron chi connectivity index (χ4n) is 5.79. The maximum absolute atomic E-state index is 12.7. The molecular formula is C30H37N5O7. The number of amides is 1. The van der Waals surface area contributed by atoms with Crippen molar-refractivity contribution in [2.45, 2.75) is 72.8 Å². The van der Waals surface area contributed by atoms with Gasteiger partial charge in [-0.15, -0.1) is 0 Å². The first-order valence-electron chi connectivity index (χ1n) is 13.7. The number of benzene rings is 2. The summed E-state index contributed by atoms with van der Waals surface area (Å²) in [5, 5.41) is 28.8. The fraction of sp³-hybridized carbons (Fsp3) is 0.467. The number of rotatable bonds is 11. The van der Waals surface area contributed by atoms with Crippen molar-refractivity contribution in [3.8, 4) is 0 Å². The van der Waals surface area contributed by atoms with Crippen LogP contribution in [-0.2, 0) is 9.63 Å². The van der Waals surface area contributed by atoms with E-state index in [4.69, 9.17) is 4.84 Å². The molecule has 1 N–H and O–H groups in total. The number of oxime groups is 1. The van der Waals surface area contributed by atoms with E-state index in [-0.39, 0.29) is 40.6 Å². The molecule has 2 unspecified atom stereocenters. The minimum atomic E-state index is -0.716. The van der Waals surface area contributed by atoms with Crippen LogP contribution in [0.3, 0.4) is 0 Å². The third kappa shape index (κ3) is 9.28. The lowest BCUT2D eigenvalue weighted by atomic mass is 9.61. The lowest BCUT2D eigenvalue weighted by molar-refractivity contribution is -0.385. The second-order valence-electron chi connectivity index (χ2n) is 12.0. The largest absolute Gasteiger partial charge is 0.433 e. The minimum absolute atomic E-state index is 0.00999. The number of nitro benzene ring substituents is 2. The number of nitro groups is 2. The molecule has 2 atom stereocenters. The molecule has 0 heterocycles. The van der Waals surface area contributed by atoms with Gasteiger partial charge in [-0.25, -0.2) is 4.79 Å². The molecule has 1 aliphatic rings. The Morgan fingerprint density at radius 2 is 1.52 bits per heavy atom. The second-order valence-corrected chi connectivity index (χ2v) is 12.0. The van der Waals surface area contributed by atoms with E-state index in [1.165, 1.54) is 30.3 Å². The molecule has 0 radical (unpaired) electrons. The Bertz CT molecular complexity index is 1420. The van der Waals surface area contributed by atoms with Crippen molar-refractivity contribution < 1.29 is 24.3 Å². The van der Waals surface area contributed by atoms with Crippen LogP contribution in [0.4, 0.5) is 16.2 Å². The van der Waals surface area contributed by atoms with Crippen molar-refractivity contribution in [3.05, 3.63) is 79.9 Å². The average molecular weight is 580 g/mol. The zero-order valence-electron chi connectivity index (χ0n) is 24.6. The van der Waals surface area contributed by atoms with E-state index in [2.05, 4.69) is 36.2 Å². The number of carbonyl (C=O) groups excluding carboxylic acids is 2. The van der Waals surface area contributed by atoms with Crippen LogP contribution in [0.25, 0.3) is 0 Å². The third-order valence-corrected chi connectivity index (χ3v) is 7.48. The number of nitrogens with one attached hydrogen (secondary N) is 1. The van der Waals surface area contributed by atoms with Gasteiger partial charge in [0.1, 0.15) is 0 Å². The average Bonchev–Trinajstić information content (AvgIpc) is 2.92. The Hall–Kier alpha value is -4.48. The number of carbonyl (C=O) groups is 2. The monoisotopic (exact) mass is 579 g/mol. The lowest BCUT2D eigenvalue weighted by Crippen LogP contribution is -2.47. The maximum Gasteiger partial charge on any atom is 0.433 e. The highest BCUT2D eigenvalue weighted by Gasteiger charge is 2.41. The van der Waals surface area contributed by atoms with Crippen molar-refractivity contribution in [2.24, 2.45) is 21.0 Å². The van der Waals surface area contributed by atoms with Crippen molar-refractivity contribution in [3.63, 3.8) is 0 Å². The zero-order valence-corrected chi connectivity index (χ0v) is 24.6. The number of Topliss-reactive ketones (excluding diaryl/α,β-unsaturated/α-hetero) is 1. The van der Waals surface area contributed by atoms with Gasteiger partial charge in [0.15, 0.2) is 5.78 Å². The van der Waals surface area contributed by atoms with Crippen LogP contribution in [0.15, 0.2) is 58.7 Å². The predicted molar refractivity (Wildman–Crippen MR) is 159 cm³/mol. The van der Waals surface area contributed by atoms with Crippen LogP contribution in [0.5, 0.6) is 0 Å². The molecule has 1 fully saturated rings. The van der Waals surface area contributed by atoms with Crippen molar-refractivity contribution >= 4 is 34.7 Å². The maximum atomic E-state index is 12.7. The molecule has 1 amide bonds. The molecule has 12 heteroatoms. The summed E-state index contributed by atoms with van der Waals surface area (Å²) in [6, 6.07) is 11.9. The molecule has 2 aromatic rings. The van der Waals surface area contributed by atoms with Gasteiger partial charge in [-0.3, -0.25) is 34.9 Å². The van der Waals surface area contributed by atoms with Gasteiger partial charge < -0.3 is 5.32 Å². The quantitative estimate of drug-likeness (QED) is 0.139. The van der Waals surface area contributed by atoms with Crippen LogP contribution in [0, 0.1) is 31.1 Å². The standard InChI is InChI=1S/C30H37N5O7/c1-20(22-8-6-10-25(14-22)34(38)39)31-18-27(36)12-13-30(5)17-24(16-29(3,4)19-30)32-28(37)42-33-21(2)23-9-7-11-26(15-23)35(40)41/h6-11,14-15,24H,12-13,16-19H2,1-5H3,(H,32,37)/b31-20?,33-21+. The molecule has 0 spiro atoms. The van der Waals surface area contributed by atoms with E-state index in [0.717, 1.165) is 12.8 Å². The van der Waals surface area contributed by atoms with Crippen LogP contribution in [0.2, 0.25) is 0 Å². The number of aliphatic imine (C=N–C) groups is 1. The molecule has 1 aliphatic carbocycles. The Balaban J connectivity index is 1.56. The topological polar surface area (TPSA) is 166 Å². The highest BCUT2D eigenvalue weighted by atomic mass is 16.7. The molecule has 0 aliphatic heterocycles. The summed E-state index contributed by atoms with van der Waals surface area (Å²) in [5.41, 5.74) is 1.54. The summed E-state index contributed by atoms with van der Waals surface area (Å²) in [4.78, 5) is 55.8. The van der Waals surface area contributed by atoms with Gasteiger partial charge in [-0.05, 0) is 50.4 Å². The summed E-state index contributed by atoms with van der Waals surface area (Å²) in [7, 11) is 0. The summed E-state index contributed by atoms with van der Waals surface area (Å²) in [6.45, 7) is 9.68. The first-order chi connectivity index (χ1) is 19.7. The number of ketones is 1. The summed E-state index contributed by atoms with van der Waals surface area (Å²) in [5.74, 6) is -0.0285. The normalized spacial score (nSPS) is 20.5. The molecule has 224 valence electrons. The minimum Gasteiger partial charge on any atom is -0.317 e. The van der Waals surface area contributed by atoms with E-state index < -0.39 is 15.9 Å². The molecular weight excluding hydrogens is 542 g/mol. The number of hydrogen-bond acceptors (Lipinski definition) is 9. The van der Waals surface area contributed by atoms with Crippen LogP contribution in [0.1, 0.15) is 77.8 Å². The molecule has 42 heavy (non-hydrogen) atoms. The molecule has 1 saturated carbocycles. The molecule has 12 nitrogen and oxygen atoms in total. The molecule has 0 bridgehead atoms. The van der Waals surface area contributed by atoms with Crippen LogP contribution in [-0.4, -0.2) is 45.7 Å². The van der Waals surface area contributed by atoms with E-state index in [1.54, 1.807) is 32.0 Å². The second kappa shape index (κ2) is 13.5. The van der Waals surface area contributed by atoms with Gasteiger partial charge in [0.2, 0.25) is 0 Å². The predicted octanol–water partition coefficient (Wildman–Crippen LogP) is 6.40. The highest BCUT2D eigenvalue weighted by molar-refractivity contribution is 6.00. The van der Waals surface area contributed by atoms with E-state index in [1.807, 2.05) is 0 Å². The number of non-ortho nitro benzene ring substituents is 2. The lowest BCUT2D eigenvalue weighted by Gasteiger charge is -2.46. The summed E-state index contributed by atoms with van der Waals surface area (Å²) >= 11 is 0. The van der Waals surface area contributed by atoms with Crippen molar-refractivity contribution in [1.82, 2.24) is 5.32 Å². The smallest absolute Gasteiger partial charge is 0.317 e. The third-order valence-electron chi connectivity index (χ3n) is 7.48. The van der Waals surface area contributed by atoms with E-state index >= 15 is 0 Å². The summed E-state index contributed by atoms with van der Waals surface area (Å²) < 4.78 is 0. The first-order valence-corrected chi connectivity index (χ1v) is 13.7. The Labute approximate surface area is 244 Å². The SMILES string of the molecule is CC(=NCC(=O)CCC1(C)CC(NC(=O)O/N=C(\C)c2cccc([N+](=O)[O-])c2)CC(C)(C)C1)c1cccc([N+](=O)[O-])c1. The molecule has 3 rings (SSSR count). The summed E-state index contributed by atoms with van der Waals surface area (Å²) in [6.07, 6.45) is 2.49. The zero-order chi connectivity index (χ0) is 31.1. The Morgan fingerprint density at radius 1 is 0.952 bits per heavy atom. The van der Waals surface area contributed by atoms with Crippen molar-refractivity contribution in [2.75, 3.05) is 6.54 Å². The van der Waals surface area contributed by atoms with E-state index in [0.29, 0.717) is 41.8 Å². The Kier molecular flexibility index (Phi) is 10.3. The van der Waals surface area contributed by atoms with Gasteiger partial charge in [-0.1, -0.05) is 50.2 Å². The van der Waals surface area contributed by atoms with Gasteiger partial charge in [0, 0.05) is 53.6 Å². The fourth-order valence-corrected chi connectivity index (χ4v) is 5.79. The Morgan fingerprint density at radius 3 is 2.10 bits per heavy atom. The van der Waals surface area contributed by atoms with Gasteiger partial charge >= 0.3 is 6.09 Å². The van der Waals surface area contributed by atoms with Gasteiger partial charge in [0.05, 0.1) is 22.1 Å². The molecule has 0 saturated heterocycles. The van der Waals surface area contributed by atoms with Crippen LogP contribution < -0.4 is 5.32 Å². The number of nitrogens with zero attached hydrogens (tertiary/aromatic N) is 4. The van der Waals surface area contributed by atoms with Gasteiger partial charge in [0.25, 0.3) is 11.4 Å². The molecule has 2 aromatic carbocycles. The van der Waals surface area contributed by atoms with E-state index in [9.17, 15) is 29.8 Å².